The van der Waals surface area contributed by atoms with Crippen molar-refractivity contribution >= 4 is 17.6 Å². The number of ether oxygens (including phenoxy) is 2. The number of benzene rings is 1. The zero-order valence-corrected chi connectivity index (χ0v) is 20.0. The maximum absolute atomic E-state index is 13.2. The molecule has 0 bridgehead atoms. The van der Waals surface area contributed by atoms with Gasteiger partial charge in [0, 0.05) is 51.1 Å². The zero-order valence-electron chi connectivity index (χ0n) is 20.0. The maximum atomic E-state index is 13.2. The minimum Gasteiger partial charge on any atom is -0.491 e. The molecule has 8 nitrogen and oxygen atoms in total. The van der Waals surface area contributed by atoms with Crippen LogP contribution in [0.5, 0.6) is 5.75 Å². The van der Waals surface area contributed by atoms with Crippen LogP contribution in [0.1, 0.15) is 49.9 Å². The molecule has 8 heteroatoms. The molecule has 3 amide bonds. The second-order valence-electron chi connectivity index (χ2n) is 9.33. The molecule has 2 aliphatic rings. The van der Waals surface area contributed by atoms with E-state index in [9.17, 15) is 9.59 Å². The molecule has 0 saturated heterocycles. The molecule has 3 atom stereocenters. The molecule has 32 heavy (non-hydrogen) atoms. The fraction of sp³-hybridized carbons (Fsp3) is 0.667. The lowest BCUT2D eigenvalue weighted by atomic mass is 10.0. The third-order valence-electron chi connectivity index (χ3n) is 6.71. The van der Waals surface area contributed by atoms with Gasteiger partial charge >= 0.3 is 6.03 Å². The maximum Gasteiger partial charge on any atom is 0.319 e. The largest absolute Gasteiger partial charge is 0.491 e. The molecule has 1 fully saturated rings. The van der Waals surface area contributed by atoms with Crippen LogP contribution in [0.2, 0.25) is 0 Å². The van der Waals surface area contributed by atoms with E-state index in [1.54, 1.807) is 37.3 Å². The Kier molecular flexibility index (Phi) is 8.37. The van der Waals surface area contributed by atoms with Gasteiger partial charge in [0.25, 0.3) is 5.91 Å². The predicted molar refractivity (Wildman–Crippen MR) is 125 cm³/mol. The van der Waals surface area contributed by atoms with Gasteiger partial charge in [-0.1, -0.05) is 19.8 Å². The average Bonchev–Trinajstić information content (AvgIpc) is 3.27. The van der Waals surface area contributed by atoms with Gasteiger partial charge in [0.2, 0.25) is 0 Å². The van der Waals surface area contributed by atoms with Gasteiger partial charge in [0.15, 0.2) is 0 Å². The highest BCUT2D eigenvalue weighted by Crippen LogP contribution is 2.27. The molecule has 1 aliphatic heterocycles. The van der Waals surface area contributed by atoms with E-state index in [-0.39, 0.29) is 36.0 Å². The molecular formula is C24H38N4O4. The first kappa shape index (κ1) is 24.3. The third kappa shape index (κ3) is 6.13. The van der Waals surface area contributed by atoms with Gasteiger partial charge in [-0.2, -0.15) is 0 Å². The van der Waals surface area contributed by atoms with Crippen molar-refractivity contribution in [2.75, 3.05) is 46.2 Å². The number of carbonyl (C=O) groups is 2. The fourth-order valence-corrected chi connectivity index (χ4v) is 4.45. The average molecular weight is 447 g/mol. The van der Waals surface area contributed by atoms with Gasteiger partial charge in [0.1, 0.15) is 12.4 Å². The van der Waals surface area contributed by atoms with E-state index in [2.05, 4.69) is 36.4 Å². The van der Waals surface area contributed by atoms with Crippen LogP contribution in [0, 0.1) is 5.92 Å². The molecule has 1 saturated carbocycles. The molecule has 0 unspecified atom stereocenters. The summed E-state index contributed by atoms with van der Waals surface area (Å²) in [5.41, 5.74) is 1.08. The van der Waals surface area contributed by atoms with Crippen LogP contribution < -0.4 is 15.4 Å². The molecule has 0 radical (unpaired) electrons. The van der Waals surface area contributed by atoms with E-state index in [1.807, 2.05) is 0 Å². The summed E-state index contributed by atoms with van der Waals surface area (Å²) in [6.07, 6.45) is 4.29. The van der Waals surface area contributed by atoms with Gasteiger partial charge in [-0.05, 0) is 44.9 Å². The van der Waals surface area contributed by atoms with E-state index in [0.29, 0.717) is 30.2 Å². The van der Waals surface area contributed by atoms with E-state index >= 15 is 0 Å². The van der Waals surface area contributed by atoms with Crippen molar-refractivity contribution in [2.24, 2.45) is 5.92 Å². The standard InChI is InChI=1S/C24H38N4O4/c1-16-13-27(3)17(2)15-32-21-12-19(26-24(30)25-18-8-6-7-9-18)10-11-20(21)23(29)28(4)14-22(16)31-5/h10-12,16-18,22H,6-9,13-15H2,1-5H3,(H2,25,26,30)/t16-,17-,22+/m0/s1. The fourth-order valence-electron chi connectivity index (χ4n) is 4.45. The minimum absolute atomic E-state index is 0.0670. The number of hydrogen-bond acceptors (Lipinski definition) is 5. The topological polar surface area (TPSA) is 83.1 Å². The highest BCUT2D eigenvalue weighted by Gasteiger charge is 2.27. The number of carbonyl (C=O) groups excluding carboxylic acids is 2. The molecular weight excluding hydrogens is 408 g/mol. The Morgan fingerprint density at radius 1 is 1.16 bits per heavy atom. The van der Waals surface area contributed by atoms with Crippen molar-refractivity contribution in [3.05, 3.63) is 23.8 Å². The second-order valence-corrected chi connectivity index (χ2v) is 9.33. The lowest BCUT2D eigenvalue weighted by molar-refractivity contribution is 0.0150. The lowest BCUT2D eigenvalue weighted by Crippen LogP contribution is -2.45. The monoisotopic (exact) mass is 446 g/mol. The second kappa shape index (κ2) is 11.0. The molecule has 3 rings (SSSR count). The van der Waals surface area contributed by atoms with Crippen LogP contribution in [0.3, 0.4) is 0 Å². The normalized spacial score (nSPS) is 26.0. The van der Waals surface area contributed by atoms with Crippen LogP contribution in [0.4, 0.5) is 10.5 Å². The third-order valence-corrected chi connectivity index (χ3v) is 6.71. The summed E-state index contributed by atoms with van der Waals surface area (Å²) in [4.78, 5) is 29.5. The number of likely N-dealkylation sites (N-methyl/N-ethyl adjacent to an activating group) is 2. The highest BCUT2D eigenvalue weighted by molar-refractivity contribution is 5.98. The number of hydrogen-bond donors (Lipinski definition) is 2. The van der Waals surface area contributed by atoms with Crippen LogP contribution in [-0.4, -0.2) is 80.8 Å². The SMILES string of the molecule is CO[C@@H]1CN(C)C(=O)c2ccc(NC(=O)NC3CCCC3)cc2OC[C@H](C)N(C)C[C@@H]1C. The Morgan fingerprint density at radius 3 is 2.56 bits per heavy atom. The predicted octanol–water partition coefficient (Wildman–Crippen LogP) is 3.19. The lowest BCUT2D eigenvalue weighted by Gasteiger charge is -2.34. The van der Waals surface area contributed by atoms with Gasteiger partial charge in [-0.3, -0.25) is 9.69 Å². The Balaban J connectivity index is 1.81. The summed E-state index contributed by atoms with van der Waals surface area (Å²) in [7, 11) is 5.55. The number of amides is 3. The molecule has 178 valence electrons. The number of methoxy groups -OCH3 is 1. The van der Waals surface area contributed by atoms with Crippen molar-refractivity contribution in [1.29, 1.82) is 0 Å². The number of nitrogens with one attached hydrogen (secondary N) is 2. The van der Waals surface area contributed by atoms with Crippen LogP contribution in [0.15, 0.2) is 18.2 Å². The highest BCUT2D eigenvalue weighted by atomic mass is 16.5. The van der Waals surface area contributed by atoms with E-state index in [0.717, 1.165) is 32.2 Å². The van der Waals surface area contributed by atoms with E-state index in [1.165, 1.54) is 0 Å². The van der Waals surface area contributed by atoms with Crippen LogP contribution in [-0.2, 0) is 4.74 Å². The Labute approximate surface area is 191 Å². The smallest absolute Gasteiger partial charge is 0.319 e. The molecule has 1 heterocycles. The van der Waals surface area contributed by atoms with Crippen molar-refractivity contribution in [3.8, 4) is 5.75 Å². The van der Waals surface area contributed by atoms with Crippen molar-refractivity contribution in [2.45, 2.75) is 57.7 Å². The van der Waals surface area contributed by atoms with Crippen molar-refractivity contribution < 1.29 is 19.1 Å². The number of nitrogens with zero attached hydrogens (tertiary/aromatic N) is 2. The minimum atomic E-state index is -0.224. The molecule has 0 spiro atoms. The van der Waals surface area contributed by atoms with Crippen molar-refractivity contribution in [1.82, 2.24) is 15.1 Å². The van der Waals surface area contributed by atoms with Crippen LogP contribution >= 0.6 is 0 Å². The van der Waals surface area contributed by atoms with Gasteiger partial charge in [-0.25, -0.2) is 4.79 Å². The van der Waals surface area contributed by atoms with Gasteiger partial charge in [-0.15, -0.1) is 0 Å². The van der Waals surface area contributed by atoms with Gasteiger partial charge < -0.3 is 25.0 Å². The van der Waals surface area contributed by atoms with Crippen molar-refractivity contribution in [3.63, 3.8) is 0 Å². The molecule has 1 aromatic carbocycles. The molecule has 2 N–H and O–H groups in total. The number of anilines is 1. The molecule has 1 aromatic rings. The number of rotatable bonds is 3. The molecule has 1 aliphatic carbocycles. The summed E-state index contributed by atoms with van der Waals surface area (Å²) >= 11 is 0. The summed E-state index contributed by atoms with van der Waals surface area (Å²) in [5, 5.41) is 5.91. The van der Waals surface area contributed by atoms with E-state index in [4.69, 9.17) is 9.47 Å². The van der Waals surface area contributed by atoms with Crippen LogP contribution in [0.25, 0.3) is 0 Å². The number of urea groups is 1. The Bertz CT molecular complexity index is 796. The summed E-state index contributed by atoms with van der Waals surface area (Å²) in [5.74, 6) is 0.604. The first-order chi connectivity index (χ1) is 15.3. The first-order valence-corrected chi connectivity index (χ1v) is 11.6. The zero-order chi connectivity index (χ0) is 23.3. The summed E-state index contributed by atoms with van der Waals surface area (Å²) < 4.78 is 11.8. The first-order valence-electron chi connectivity index (χ1n) is 11.6. The Hall–Kier alpha value is -2.32. The van der Waals surface area contributed by atoms with Gasteiger partial charge in [0.05, 0.1) is 11.7 Å². The molecule has 0 aromatic heterocycles. The summed E-state index contributed by atoms with van der Waals surface area (Å²) in [6, 6.07) is 5.38. The van der Waals surface area contributed by atoms with E-state index < -0.39 is 0 Å². The Morgan fingerprint density at radius 2 is 1.88 bits per heavy atom. The summed E-state index contributed by atoms with van der Waals surface area (Å²) in [6.45, 7) is 6.00. The number of fused-ring (bicyclic) bond motifs is 1. The quantitative estimate of drug-likeness (QED) is 0.745.